The molecule has 0 amide bonds. The predicted molar refractivity (Wildman–Crippen MR) is 87.1 cm³/mol. The molecular weight excluding hydrogens is 312 g/mol. The lowest BCUT2D eigenvalue weighted by Gasteiger charge is -2.34. The predicted octanol–water partition coefficient (Wildman–Crippen LogP) is 2.42. The third kappa shape index (κ3) is 3.08. The molecule has 8 heteroatoms. The van der Waals surface area contributed by atoms with Crippen molar-refractivity contribution < 1.29 is 14.5 Å². The number of carbonyl (C=O) groups excluding carboxylic acids is 1. The molecule has 1 saturated heterocycles. The Morgan fingerprint density at radius 3 is 2.71 bits per heavy atom. The van der Waals surface area contributed by atoms with E-state index in [1.807, 2.05) is 12.5 Å². The van der Waals surface area contributed by atoms with Gasteiger partial charge in [-0.2, -0.15) is 0 Å². The summed E-state index contributed by atoms with van der Waals surface area (Å²) < 4.78 is 6.77. The average molecular weight is 330 g/mol. The van der Waals surface area contributed by atoms with Gasteiger partial charge in [-0.15, -0.1) is 0 Å². The minimum Gasteiger partial charge on any atom is -0.465 e. The Balaban J connectivity index is 1.78. The zero-order valence-electron chi connectivity index (χ0n) is 13.3. The van der Waals surface area contributed by atoms with Crippen LogP contribution in [-0.2, 0) is 4.74 Å². The number of anilines is 1. The Kier molecular flexibility index (Phi) is 4.45. The molecule has 0 saturated carbocycles. The maximum atomic E-state index is 11.8. The summed E-state index contributed by atoms with van der Waals surface area (Å²) in [4.78, 5) is 28.5. The second-order valence-corrected chi connectivity index (χ2v) is 5.68. The molecule has 3 rings (SSSR count). The van der Waals surface area contributed by atoms with Crippen molar-refractivity contribution in [1.82, 2.24) is 9.55 Å². The molecule has 8 nitrogen and oxygen atoms in total. The first-order chi connectivity index (χ1) is 11.6. The van der Waals surface area contributed by atoms with Crippen LogP contribution in [0.4, 0.5) is 11.4 Å². The fraction of sp³-hybridized carbons (Fsp3) is 0.375. The molecule has 0 atom stereocenters. The normalized spacial score (nSPS) is 15.3. The van der Waals surface area contributed by atoms with Crippen molar-refractivity contribution in [3.8, 4) is 0 Å². The highest BCUT2D eigenvalue weighted by Gasteiger charge is 2.25. The van der Waals surface area contributed by atoms with Gasteiger partial charge < -0.3 is 14.2 Å². The smallest absolute Gasteiger partial charge is 0.344 e. The molecule has 126 valence electrons. The van der Waals surface area contributed by atoms with E-state index in [2.05, 4.69) is 19.2 Å². The van der Waals surface area contributed by atoms with Crippen molar-refractivity contribution in [1.29, 1.82) is 0 Å². The first-order valence-corrected chi connectivity index (χ1v) is 7.69. The summed E-state index contributed by atoms with van der Waals surface area (Å²) in [5.41, 5.74) is 0.542. The number of rotatable bonds is 4. The summed E-state index contributed by atoms with van der Waals surface area (Å²) in [6, 6.07) is 4.99. The Bertz CT molecular complexity index is 737. The number of benzene rings is 1. The third-order valence-electron chi connectivity index (χ3n) is 4.36. The molecule has 2 aromatic rings. The number of nitro benzene ring substituents is 1. The SMILES string of the molecule is COC(=O)c1cc(N2CCC(n3ccnc3)CC2)ccc1[N+](=O)[O-]. The van der Waals surface area contributed by atoms with Crippen LogP contribution < -0.4 is 4.90 Å². The first kappa shape index (κ1) is 16.0. The number of carbonyl (C=O) groups is 1. The minimum atomic E-state index is -0.697. The number of nitro groups is 1. The van der Waals surface area contributed by atoms with Gasteiger partial charge in [0, 0.05) is 43.3 Å². The topological polar surface area (TPSA) is 90.5 Å². The Morgan fingerprint density at radius 1 is 1.38 bits per heavy atom. The number of hydrogen-bond acceptors (Lipinski definition) is 6. The lowest BCUT2D eigenvalue weighted by atomic mass is 10.0. The van der Waals surface area contributed by atoms with Gasteiger partial charge in [-0.25, -0.2) is 9.78 Å². The lowest BCUT2D eigenvalue weighted by Crippen LogP contribution is -2.34. The first-order valence-electron chi connectivity index (χ1n) is 7.69. The molecule has 1 aromatic carbocycles. The molecule has 1 aliphatic rings. The molecule has 0 radical (unpaired) electrons. The van der Waals surface area contributed by atoms with Crippen molar-refractivity contribution in [2.45, 2.75) is 18.9 Å². The number of imidazole rings is 1. The van der Waals surface area contributed by atoms with E-state index >= 15 is 0 Å². The number of piperidine rings is 1. The number of methoxy groups -OCH3 is 1. The highest BCUT2D eigenvalue weighted by Crippen LogP contribution is 2.30. The summed E-state index contributed by atoms with van der Waals surface area (Å²) in [5, 5.41) is 11.1. The second-order valence-electron chi connectivity index (χ2n) is 5.68. The fourth-order valence-corrected chi connectivity index (χ4v) is 3.06. The molecule has 1 fully saturated rings. The van der Waals surface area contributed by atoms with E-state index < -0.39 is 10.9 Å². The van der Waals surface area contributed by atoms with Gasteiger partial charge in [0.2, 0.25) is 0 Å². The van der Waals surface area contributed by atoms with Gasteiger partial charge in [-0.3, -0.25) is 10.1 Å². The van der Waals surface area contributed by atoms with E-state index in [0.29, 0.717) is 6.04 Å². The van der Waals surface area contributed by atoms with Crippen molar-refractivity contribution in [3.63, 3.8) is 0 Å². The molecule has 24 heavy (non-hydrogen) atoms. The van der Waals surface area contributed by atoms with Gasteiger partial charge in [0.15, 0.2) is 0 Å². The molecule has 1 aromatic heterocycles. The van der Waals surface area contributed by atoms with Crippen LogP contribution in [0.15, 0.2) is 36.9 Å². The highest BCUT2D eigenvalue weighted by molar-refractivity contribution is 5.95. The second kappa shape index (κ2) is 6.69. The largest absolute Gasteiger partial charge is 0.465 e. The molecule has 0 unspecified atom stereocenters. The maximum Gasteiger partial charge on any atom is 0.344 e. The van der Waals surface area contributed by atoms with Gasteiger partial charge in [0.25, 0.3) is 5.69 Å². The van der Waals surface area contributed by atoms with Crippen molar-refractivity contribution >= 4 is 17.3 Å². The van der Waals surface area contributed by atoms with Crippen LogP contribution in [0, 0.1) is 10.1 Å². The molecular formula is C16H18N4O4. The van der Waals surface area contributed by atoms with Crippen molar-refractivity contribution in [2.24, 2.45) is 0 Å². The van der Waals surface area contributed by atoms with Gasteiger partial charge in [0.1, 0.15) is 5.56 Å². The average Bonchev–Trinajstić information content (AvgIpc) is 3.15. The Hall–Kier alpha value is -2.90. The van der Waals surface area contributed by atoms with Crippen LogP contribution in [0.25, 0.3) is 0 Å². The van der Waals surface area contributed by atoms with Crippen LogP contribution in [0.1, 0.15) is 29.2 Å². The van der Waals surface area contributed by atoms with Crippen LogP contribution in [-0.4, -0.2) is 40.6 Å². The van der Waals surface area contributed by atoms with E-state index in [4.69, 9.17) is 0 Å². The van der Waals surface area contributed by atoms with E-state index in [-0.39, 0.29) is 11.3 Å². The molecule has 0 bridgehead atoms. The van der Waals surface area contributed by atoms with Gasteiger partial charge in [-0.1, -0.05) is 0 Å². The fourth-order valence-electron chi connectivity index (χ4n) is 3.06. The van der Waals surface area contributed by atoms with Gasteiger partial charge in [-0.05, 0) is 25.0 Å². The van der Waals surface area contributed by atoms with Crippen molar-refractivity contribution in [3.05, 3.63) is 52.6 Å². The molecule has 0 aliphatic carbocycles. The number of esters is 1. The van der Waals surface area contributed by atoms with E-state index in [9.17, 15) is 14.9 Å². The maximum absolute atomic E-state index is 11.8. The standard InChI is InChI=1S/C16H18N4O4/c1-24-16(21)14-10-13(2-3-15(14)20(22)23)18-7-4-12(5-8-18)19-9-6-17-11-19/h2-3,6,9-12H,4-5,7-8H2,1H3. The zero-order chi connectivity index (χ0) is 17.1. The van der Waals surface area contributed by atoms with Crippen LogP contribution in [0.5, 0.6) is 0 Å². The molecule has 2 heterocycles. The summed E-state index contributed by atoms with van der Waals surface area (Å²) in [5.74, 6) is -0.697. The summed E-state index contributed by atoms with van der Waals surface area (Å²) in [6.07, 6.45) is 7.44. The summed E-state index contributed by atoms with van der Waals surface area (Å²) in [7, 11) is 1.22. The zero-order valence-corrected chi connectivity index (χ0v) is 13.3. The van der Waals surface area contributed by atoms with Crippen LogP contribution in [0.3, 0.4) is 0 Å². The number of nitrogens with zero attached hydrogens (tertiary/aromatic N) is 4. The highest BCUT2D eigenvalue weighted by atomic mass is 16.6. The van der Waals surface area contributed by atoms with Gasteiger partial charge in [0.05, 0.1) is 18.4 Å². The molecule has 1 aliphatic heterocycles. The number of ether oxygens (including phenoxy) is 1. The van der Waals surface area contributed by atoms with E-state index in [1.165, 1.54) is 13.2 Å². The quantitative estimate of drug-likeness (QED) is 0.486. The lowest BCUT2D eigenvalue weighted by molar-refractivity contribution is -0.385. The number of aromatic nitrogens is 2. The third-order valence-corrected chi connectivity index (χ3v) is 4.36. The Morgan fingerprint density at radius 2 is 2.12 bits per heavy atom. The monoisotopic (exact) mass is 330 g/mol. The summed E-state index contributed by atoms with van der Waals surface area (Å²) in [6.45, 7) is 1.61. The van der Waals surface area contributed by atoms with Crippen LogP contribution >= 0.6 is 0 Å². The van der Waals surface area contributed by atoms with Gasteiger partial charge >= 0.3 is 5.97 Å². The van der Waals surface area contributed by atoms with E-state index in [0.717, 1.165) is 31.6 Å². The van der Waals surface area contributed by atoms with Crippen molar-refractivity contribution in [2.75, 3.05) is 25.1 Å². The molecule has 0 N–H and O–H groups in total. The minimum absolute atomic E-state index is 0.0169. The van der Waals surface area contributed by atoms with Crippen LogP contribution in [0.2, 0.25) is 0 Å². The van der Waals surface area contributed by atoms with E-state index in [1.54, 1.807) is 18.3 Å². The number of hydrogen-bond donors (Lipinski definition) is 0. The Labute approximate surface area is 138 Å². The molecule has 0 spiro atoms. The summed E-state index contributed by atoms with van der Waals surface area (Å²) >= 11 is 0.